The van der Waals surface area contributed by atoms with Gasteiger partial charge in [-0.3, -0.25) is 14.5 Å². The minimum Gasteiger partial charge on any atom is -0.546 e. The molecule has 0 bridgehead atoms. The van der Waals surface area contributed by atoms with E-state index < -0.39 is 8.32 Å². The molecule has 2 aliphatic rings. The molecule has 1 aliphatic carbocycles. The molecule has 1 aliphatic heterocycles. The molecule has 1 aromatic carbocycles. The van der Waals surface area contributed by atoms with E-state index in [0.29, 0.717) is 17.0 Å². The van der Waals surface area contributed by atoms with Crippen molar-refractivity contribution in [1.82, 2.24) is 4.90 Å². The molecule has 1 aromatic rings. The van der Waals surface area contributed by atoms with Crippen LogP contribution in [0.15, 0.2) is 36.1 Å². The van der Waals surface area contributed by atoms with Gasteiger partial charge in [0.15, 0.2) is 0 Å². The van der Waals surface area contributed by atoms with Crippen LogP contribution in [0, 0.1) is 5.92 Å². The molecule has 2 amide bonds. The van der Waals surface area contributed by atoms with Gasteiger partial charge in [0.2, 0.25) is 8.32 Å². The van der Waals surface area contributed by atoms with Gasteiger partial charge in [0.25, 0.3) is 11.8 Å². The Kier molecular flexibility index (Phi) is 6.09. The third-order valence-electron chi connectivity index (χ3n) is 6.82. The minimum absolute atomic E-state index is 0.0967. The van der Waals surface area contributed by atoms with Crippen LogP contribution in [0.4, 0.5) is 0 Å². The Morgan fingerprint density at radius 2 is 1.59 bits per heavy atom. The van der Waals surface area contributed by atoms with Gasteiger partial charge in [0.1, 0.15) is 0 Å². The number of rotatable bonds is 5. The summed E-state index contributed by atoms with van der Waals surface area (Å²) in [5.74, 6) is 0.977. The highest BCUT2D eigenvalue weighted by atomic mass is 28.4. The summed E-state index contributed by atoms with van der Waals surface area (Å²) in [5, 5.41) is 0.0967. The van der Waals surface area contributed by atoms with Gasteiger partial charge in [-0.1, -0.05) is 52.2 Å². The fourth-order valence-corrected chi connectivity index (χ4v) is 5.11. The number of carbonyl (C=O) groups is 2. The molecular weight excluding hydrogens is 378 g/mol. The van der Waals surface area contributed by atoms with E-state index in [1.54, 1.807) is 12.1 Å². The van der Waals surface area contributed by atoms with Crippen molar-refractivity contribution < 1.29 is 14.0 Å². The monoisotopic (exact) mass is 413 g/mol. The molecule has 5 heteroatoms. The SMILES string of the molecule is CC(/C=C(/O[Si](C)(C)C(C)(C)C)C1CCCCC1)N1C(=O)c2ccccc2C1=O. The van der Waals surface area contributed by atoms with E-state index in [1.807, 2.05) is 19.1 Å². The quantitative estimate of drug-likeness (QED) is 0.330. The smallest absolute Gasteiger partial charge is 0.262 e. The van der Waals surface area contributed by atoms with E-state index in [2.05, 4.69) is 39.9 Å². The van der Waals surface area contributed by atoms with Crippen LogP contribution in [-0.2, 0) is 4.43 Å². The fourth-order valence-electron chi connectivity index (χ4n) is 3.98. The van der Waals surface area contributed by atoms with Crippen molar-refractivity contribution in [2.75, 3.05) is 0 Å². The maximum atomic E-state index is 12.9. The molecular formula is C24H35NO3Si. The van der Waals surface area contributed by atoms with Crippen molar-refractivity contribution in [3.05, 3.63) is 47.2 Å². The van der Waals surface area contributed by atoms with E-state index >= 15 is 0 Å². The van der Waals surface area contributed by atoms with Crippen LogP contribution >= 0.6 is 0 Å². The molecule has 0 aromatic heterocycles. The fraction of sp³-hybridized carbons (Fsp3) is 0.583. The molecule has 0 N–H and O–H groups in total. The molecule has 1 unspecified atom stereocenters. The average Bonchev–Trinajstić information content (AvgIpc) is 2.92. The highest BCUT2D eigenvalue weighted by Gasteiger charge is 2.42. The number of allylic oxidation sites excluding steroid dienone is 1. The predicted octanol–water partition coefficient (Wildman–Crippen LogP) is 6.16. The van der Waals surface area contributed by atoms with Crippen LogP contribution in [0.3, 0.4) is 0 Å². The number of imide groups is 1. The Labute approximate surface area is 176 Å². The number of carbonyl (C=O) groups excluding carboxylic acids is 2. The number of hydrogen-bond donors (Lipinski definition) is 0. The lowest BCUT2D eigenvalue weighted by Crippen LogP contribution is -2.42. The zero-order chi connectivity index (χ0) is 21.4. The van der Waals surface area contributed by atoms with Gasteiger partial charge >= 0.3 is 0 Å². The van der Waals surface area contributed by atoms with Gasteiger partial charge in [-0.15, -0.1) is 0 Å². The number of fused-ring (bicyclic) bond motifs is 1. The van der Waals surface area contributed by atoms with Gasteiger partial charge < -0.3 is 4.43 Å². The van der Waals surface area contributed by atoms with Gasteiger partial charge in [0.05, 0.1) is 22.9 Å². The number of nitrogens with zero attached hydrogens (tertiary/aromatic N) is 1. The summed E-state index contributed by atoms with van der Waals surface area (Å²) in [4.78, 5) is 27.2. The molecule has 1 atom stereocenters. The molecule has 1 saturated carbocycles. The Hall–Kier alpha value is -1.88. The summed E-state index contributed by atoms with van der Waals surface area (Å²) < 4.78 is 6.77. The molecule has 158 valence electrons. The summed E-state index contributed by atoms with van der Waals surface area (Å²) in [7, 11) is -2.01. The molecule has 0 saturated heterocycles. The first-order valence-electron chi connectivity index (χ1n) is 10.9. The van der Waals surface area contributed by atoms with Crippen LogP contribution in [0.5, 0.6) is 0 Å². The van der Waals surface area contributed by atoms with Crippen LogP contribution < -0.4 is 0 Å². The largest absolute Gasteiger partial charge is 0.546 e. The van der Waals surface area contributed by atoms with E-state index in [9.17, 15) is 9.59 Å². The summed E-state index contributed by atoms with van der Waals surface area (Å²) in [6, 6.07) is 6.76. The summed E-state index contributed by atoms with van der Waals surface area (Å²) in [6.07, 6.45) is 8.00. The second-order valence-electron chi connectivity index (χ2n) is 10.0. The van der Waals surface area contributed by atoms with E-state index in [1.165, 1.54) is 24.2 Å². The third kappa shape index (κ3) is 4.35. The normalized spacial score (nSPS) is 20.1. The molecule has 1 heterocycles. The van der Waals surface area contributed by atoms with Gasteiger partial charge in [0, 0.05) is 5.92 Å². The van der Waals surface area contributed by atoms with Crippen molar-refractivity contribution in [2.24, 2.45) is 5.92 Å². The van der Waals surface area contributed by atoms with Crippen LogP contribution in [0.25, 0.3) is 0 Å². The molecule has 29 heavy (non-hydrogen) atoms. The first-order valence-corrected chi connectivity index (χ1v) is 13.8. The Bertz CT molecular complexity index is 781. The summed E-state index contributed by atoms with van der Waals surface area (Å²) >= 11 is 0. The van der Waals surface area contributed by atoms with Crippen molar-refractivity contribution >= 4 is 20.1 Å². The maximum Gasteiger partial charge on any atom is 0.262 e. The maximum absolute atomic E-state index is 12.9. The standard InChI is InChI=1S/C24H35NO3Si/c1-17(25-22(26)19-14-10-11-15-20(19)23(25)27)16-21(18-12-8-7-9-13-18)28-29(5,6)24(2,3)4/h10-11,14-18H,7-9,12-13H2,1-6H3/b21-16+. The summed E-state index contributed by atoms with van der Waals surface area (Å²) in [5.41, 5.74) is 1.00. The molecule has 3 rings (SSSR count). The van der Waals surface area contributed by atoms with Crippen molar-refractivity contribution in [1.29, 1.82) is 0 Å². The minimum atomic E-state index is -2.01. The molecule has 1 fully saturated rings. The van der Waals surface area contributed by atoms with Gasteiger partial charge in [-0.25, -0.2) is 0 Å². The number of benzene rings is 1. The first-order chi connectivity index (χ1) is 13.5. The highest BCUT2D eigenvalue weighted by molar-refractivity contribution is 6.74. The van der Waals surface area contributed by atoms with Crippen LogP contribution in [0.1, 0.15) is 80.5 Å². The van der Waals surface area contributed by atoms with Crippen LogP contribution in [-0.4, -0.2) is 31.1 Å². The predicted molar refractivity (Wildman–Crippen MR) is 119 cm³/mol. The zero-order valence-electron chi connectivity index (χ0n) is 18.7. The van der Waals surface area contributed by atoms with E-state index in [0.717, 1.165) is 18.6 Å². The average molecular weight is 414 g/mol. The van der Waals surface area contributed by atoms with Crippen molar-refractivity contribution in [3.63, 3.8) is 0 Å². The Balaban J connectivity index is 1.91. The lowest BCUT2D eigenvalue weighted by Gasteiger charge is -2.40. The Morgan fingerprint density at radius 1 is 1.07 bits per heavy atom. The highest BCUT2D eigenvalue weighted by Crippen LogP contribution is 2.41. The number of hydrogen-bond acceptors (Lipinski definition) is 3. The lowest BCUT2D eigenvalue weighted by atomic mass is 9.87. The van der Waals surface area contributed by atoms with Crippen molar-refractivity contribution in [3.8, 4) is 0 Å². The second-order valence-corrected chi connectivity index (χ2v) is 14.8. The topological polar surface area (TPSA) is 46.6 Å². The molecule has 0 radical (unpaired) electrons. The number of amides is 2. The molecule has 0 spiro atoms. The Morgan fingerprint density at radius 3 is 2.07 bits per heavy atom. The first kappa shape index (κ1) is 21.8. The third-order valence-corrected chi connectivity index (χ3v) is 11.2. The van der Waals surface area contributed by atoms with Crippen molar-refractivity contribution in [2.45, 2.75) is 84.0 Å². The zero-order valence-corrected chi connectivity index (χ0v) is 19.7. The van der Waals surface area contributed by atoms with Gasteiger partial charge in [-0.05, 0) is 56.1 Å². The van der Waals surface area contributed by atoms with E-state index in [-0.39, 0.29) is 22.9 Å². The summed E-state index contributed by atoms with van der Waals surface area (Å²) in [6.45, 7) is 13.2. The lowest BCUT2D eigenvalue weighted by molar-refractivity contribution is 0.0623. The second kappa shape index (κ2) is 8.09. The van der Waals surface area contributed by atoms with Crippen LogP contribution in [0.2, 0.25) is 18.1 Å². The molecule has 4 nitrogen and oxygen atoms in total. The van der Waals surface area contributed by atoms with E-state index in [4.69, 9.17) is 4.43 Å². The van der Waals surface area contributed by atoms with Gasteiger partial charge in [-0.2, -0.15) is 0 Å².